The maximum Gasteiger partial charge on any atom is 0.123 e. The molecule has 0 radical (unpaired) electrons. The second-order valence-corrected chi connectivity index (χ2v) is 5.25. The average molecular weight is 291 g/mol. The van der Waals surface area contributed by atoms with Gasteiger partial charge in [-0.1, -0.05) is 6.92 Å². The predicted octanol–water partition coefficient (Wildman–Crippen LogP) is 2.46. The smallest absolute Gasteiger partial charge is 0.123 e. The van der Waals surface area contributed by atoms with E-state index in [1.165, 1.54) is 12.1 Å². The molecule has 0 aliphatic heterocycles. The second-order valence-electron chi connectivity index (χ2n) is 5.25. The van der Waals surface area contributed by atoms with Gasteiger partial charge in [-0.2, -0.15) is 5.10 Å². The van der Waals surface area contributed by atoms with Crippen molar-refractivity contribution in [3.63, 3.8) is 0 Å². The van der Waals surface area contributed by atoms with Crippen LogP contribution in [0, 0.1) is 5.82 Å². The highest BCUT2D eigenvalue weighted by atomic mass is 19.1. The Morgan fingerprint density at radius 3 is 2.90 bits per heavy atom. The third kappa shape index (κ3) is 4.56. The molecule has 2 N–H and O–H groups in total. The summed E-state index contributed by atoms with van der Waals surface area (Å²) in [6, 6.07) is 4.62. The normalized spacial score (nSPS) is 12.4. The van der Waals surface area contributed by atoms with Crippen LogP contribution in [-0.4, -0.2) is 22.4 Å². The van der Waals surface area contributed by atoms with E-state index in [1.54, 1.807) is 10.7 Å². The summed E-state index contributed by atoms with van der Waals surface area (Å²) in [5.74, 6) is 0.456. The molecule has 0 spiro atoms. The van der Waals surface area contributed by atoms with Gasteiger partial charge in [-0.3, -0.25) is 4.68 Å². The van der Waals surface area contributed by atoms with Crippen molar-refractivity contribution in [3.05, 3.63) is 47.5 Å². The van der Waals surface area contributed by atoms with Gasteiger partial charge in [0.25, 0.3) is 0 Å². The zero-order valence-electron chi connectivity index (χ0n) is 12.6. The lowest BCUT2D eigenvalue weighted by molar-refractivity contribution is 0.317. The molecule has 0 aliphatic carbocycles. The molecule has 114 valence electrons. The number of rotatable bonds is 7. The Balaban J connectivity index is 1.98. The Hall–Kier alpha value is -1.88. The maximum absolute atomic E-state index is 13.4. The Bertz CT molecular complexity index is 583. The molecule has 0 bridgehead atoms. The standard InChI is InChI=1S/C16H22FN3O/c1-3-15(18)9-13-8-14(17)4-5-16(13)21-7-6-12-10-19-20(2)11-12/h4-5,8,10-11,15H,3,6-7,9,18H2,1-2H3. The molecule has 1 unspecified atom stereocenters. The third-order valence-electron chi connectivity index (χ3n) is 3.44. The first-order valence-corrected chi connectivity index (χ1v) is 7.22. The molecule has 0 fully saturated rings. The van der Waals surface area contributed by atoms with Crippen molar-refractivity contribution in [1.29, 1.82) is 0 Å². The van der Waals surface area contributed by atoms with E-state index in [-0.39, 0.29) is 11.9 Å². The van der Waals surface area contributed by atoms with E-state index in [0.29, 0.717) is 18.8 Å². The summed E-state index contributed by atoms with van der Waals surface area (Å²) < 4.78 is 20.9. The summed E-state index contributed by atoms with van der Waals surface area (Å²) in [5, 5.41) is 4.12. The Labute approximate surface area is 124 Å². The summed E-state index contributed by atoms with van der Waals surface area (Å²) in [6.45, 7) is 2.55. The number of nitrogens with two attached hydrogens (primary N) is 1. The van der Waals surface area contributed by atoms with Crippen LogP contribution in [0.15, 0.2) is 30.6 Å². The molecule has 21 heavy (non-hydrogen) atoms. The van der Waals surface area contributed by atoms with E-state index in [9.17, 15) is 4.39 Å². The number of hydrogen-bond acceptors (Lipinski definition) is 3. The topological polar surface area (TPSA) is 53.1 Å². The minimum absolute atomic E-state index is 0.0208. The van der Waals surface area contributed by atoms with E-state index in [2.05, 4.69) is 5.10 Å². The summed E-state index contributed by atoms with van der Waals surface area (Å²) in [5.41, 5.74) is 7.90. The van der Waals surface area contributed by atoms with Crippen LogP contribution in [0.25, 0.3) is 0 Å². The van der Waals surface area contributed by atoms with Crippen molar-refractivity contribution in [3.8, 4) is 5.75 Å². The highest BCUT2D eigenvalue weighted by Gasteiger charge is 2.09. The van der Waals surface area contributed by atoms with Crippen LogP contribution in [0.4, 0.5) is 4.39 Å². The zero-order valence-corrected chi connectivity index (χ0v) is 12.6. The van der Waals surface area contributed by atoms with Gasteiger partial charge in [0.2, 0.25) is 0 Å². The van der Waals surface area contributed by atoms with Crippen LogP contribution in [0.3, 0.4) is 0 Å². The number of ether oxygens (including phenoxy) is 1. The predicted molar refractivity (Wildman–Crippen MR) is 80.8 cm³/mol. The van der Waals surface area contributed by atoms with E-state index < -0.39 is 0 Å². The quantitative estimate of drug-likeness (QED) is 0.852. The summed E-state index contributed by atoms with van der Waals surface area (Å²) in [6.07, 6.45) is 6.02. The fourth-order valence-corrected chi connectivity index (χ4v) is 2.15. The fraction of sp³-hybridized carbons (Fsp3) is 0.438. The number of aryl methyl sites for hydroxylation is 1. The van der Waals surface area contributed by atoms with Gasteiger partial charge in [-0.05, 0) is 42.2 Å². The van der Waals surface area contributed by atoms with Crippen LogP contribution < -0.4 is 10.5 Å². The van der Waals surface area contributed by atoms with Crippen molar-refractivity contribution in [2.75, 3.05) is 6.61 Å². The first kappa shape index (κ1) is 15.5. The number of halogens is 1. The molecule has 1 aromatic heterocycles. The number of aromatic nitrogens is 2. The van der Waals surface area contributed by atoms with Gasteiger partial charge in [-0.25, -0.2) is 4.39 Å². The first-order valence-electron chi connectivity index (χ1n) is 7.22. The molecule has 1 heterocycles. The van der Waals surface area contributed by atoms with Crippen LogP contribution in [0.2, 0.25) is 0 Å². The highest BCUT2D eigenvalue weighted by molar-refractivity contribution is 5.34. The third-order valence-corrected chi connectivity index (χ3v) is 3.44. The van der Waals surface area contributed by atoms with Gasteiger partial charge in [0.05, 0.1) is 12.8 Å². The average Bonchev–Trinajstić information content (AvgIpc) is 2.86. The molecule has 1 atom stereocenters. The lowest BCUT2D eigenvalue weighted by Crippen LogP contribution is -2.22. The largest absolute Gasteiger partial charge is 0.493 e. The Morgan fingerprint density at radius 1 is 1.43 bits per heavy atom. The van der Waals surface area contributed by atoms with Crippen LogP contribution in [0.5, 0.6) is 5.75 Å². The number of benzene rings is 1. The van der Waals surface area contributed by atoms with Gasteiger partial charge < -0.3 is 10.5 Å². The molecular formula is C16H22FN3O. The van der Waals surface area contributed by atoms with Crippen LogP contribution in [0.1, 0.15) is 24.5 Å². The van der Waals surface area contributed by atoms with Gasteiger partial charge in [0.1, 0.15) is 11.6 Å². The molecule has 2 aromatic rings. The van der Waals surface area contributed by atoms with E-state index in [1.807, 2.05) is 26.4 Å². The second kappa shape index (κ2) is 7.22. The van der Waals surface area contributed by atoms with Crippen LogP contribution >= 0.6 is 0 Å². The van der Waals surface area contributed by atoms with Crippen molar-refractivity contribution < 1.29 is 9.13 Å². The van der Waals surface area contributed by atoms with Gasteiger partial charge in [0, 0.05) is 25.7 Å². The fourth-order valence-electron chi connectivity index (χ4n) is 2.15. The van der Waals surface area contributed by atoms with Gasteiger partial charge >= 0.3 is 0 Å². The van der Waals surface area contributed by atoms with Gasteiger partial charge in [0.15, 0.2) is 0 Å². The van der Waals surface area contributed by atoms with Crippen molar-refractivity contribution in [1.82, 2.24) is 9.78 Å². The van der Waals surface area contributed by atoms with Crippen LogP contribution in [-0.2, 0) is 19.9 Å². The Kier molecular flexibility index (Phi) is 5.33. The van der Waals surface area contributed by atoms with Crippen molar-refractivity contribution in [2.45, 2.75) is 32.2 Å². The zero-order chi connectivity index (χ0) is 15.2. The van der Waals surface area contributed by atoms with Crippen molar-refractivity contribution >= 4 is 0 Å². The maximum atomic E-state index is 13.4. The van der Waals surface area contributed by atoms with E-state index in [0.717, 1.165) is 24.0 Å². The van der Waals surface area contributed by atoms with E-state index in [4.69, 9.17) is 10.5 Å². The minimum atomic E-state index is -0.257. The summed E-state index contributed by atoms with van der Waals surface area (Å²) in [4.78, 5) is 0. The summed E-state index contributed by atoms with van der Waals surface area (Å²) in [7, 11) is 1.88. The monoisotopic (exact) mass is 291 g/mol. The highest BCUT2D eigenvalue weighted by Crippen LogP contribution is 2.22. The molecule has 2 rings (SSSR count). The molecule has 0 aliphatic rings. The lowest BCUT2D eigenvalue weighted by Gasteiger charge is -2.14. The SMILES string of the molecule is CCC(N)Cc1cc(F)ccc1OCCc1cnn(C)c1. The minimum Gasteiger partial charge on any atom is -0.493 e. The van der Waals surface area contributed by atoms with Gasteiger partial charge in [-0.15, -0.1) is 0 Å². The Morgan fingerprint density at radius 2 is 2.24 bits per heavy atom. The molecule has 0 amide bonds. The number of nitrogens with zero attached hydrogens (tertiary/aromatic N) is 2. The molecule has 5 heteroatoms. The molecule has 4 nitrogen and oxygen atoms in total. The molecule has 0 saturated carbocycles. The van der Waals surface area contributed by atoms with Crippen molar-refractivity contribution in [2.24, 2.45) is 12.8 Å². The lowest BCUT2D eigenvalue weighted by atomic mass is 10.0. The molecular weight excluding hydrogens is 269 g/mol. The molecule has 1 aromatic carbocycles. The molecule has 0 saturated heterocycles. The van der Waals surface area contributed by atoms with E-state index >= 15 is 0 Å². The first-order chi connectivity index (χ1) is 10.1. The summed E-state index contributed by atoms with van der Waals surface area (Å²) >= 11 is 0. The number of hydrogen-bond donors (Lipinski definition) is 1.